The number of rotatable bonds is 4. The second-order valence-electron chi connectivity index (χ2n) is 6.34. The van der Waals surface area contributed by atoms with E-state index < -0.39 is 0 Å². The Balaban J connectivity index is 1.65. The summed E-state index contributed by atoms with van der Waals surface area (Å²) in [5.74, 6) is 0.885. The molecule has 0 spiro atoms. The van der Waals surface area contributed by atoms with Crippen LogP contribution in [0.5, 0.6) is 5.75 Å². The molecule has 2 bridgehead atoms. The van der Waals surface area contributed by atoms with Crippen LogP contribution in [0, 0.1) is 5.92 Å². The van der Waals surface area contributed by atoms with Crippen LogP contribution in [0.1, 0.15) is 39.0 Å². The number of anilines is 1. The molecule has 4 heteroatoms. The standard InChI is InChI=1S/C17H24N2O2/c1-2-19(15-4-3-5-16(20)11-15)17(21)10-12-8-13-6-7-14(9-12)18-13/h3-5,11-14,18,20H,2,6-10H2,1H3. The van der Waals surface area contributed by atoms with Crippen LogP contribution in [0.4, 0.5) is 5.69 Å². The number of phenols is 1. The average molecular weight is 288 g/mol. The number of nitrogens with one attached hydrogen (secondary N) is 1. The molecule has 0 aliphatic carbocycles. The lowest BCUT2D eigenvalue weighted by molar-refractivity contribution is -0.119. The van der Waals surface area contributed by atoms with Gasteiger partial charge in [-0.25, -0.2) is 0 Å². The van der Waals surface area contributed by atoms with Crippen molar-refractivity contribution in [1.82, 2.24) is 5.32 Å². The number of nitrogens with zero attached hydrogens (tertiary/aromatic N) is 1. The van der Waals surface area contributed by atoms with Crippen molar-refractivity contribution in [2.45, 2.75) is 51.1 Å². The summed E-state index contributed by atoms with van der Waals surface area (Å²) >= 11 is 0. The largest absolute Gasteiger partial charge is 0.508 e. The smallest absolute Gasteiger partial charge is 0.227 e. The van der Waals surface area contributed by atoms with E-state index in [1.165, 1.54) is 12.8 Å². The normalized spacial score (nSPS) is 27.6. The van der Waals surface area contributed by atoms with Crippen LogP contribution in [-0.2, 0) is 4.79 Å². The maximum Gasteiger partial charge on any atom is 0.227 e. The van der Waals surface area contributed by atoms with E-state index in [9.17, 15) is 9.90 Å². The third-order valence-electron chi connectivity index (χ3n) is 4.79. The molecule has 2 aliphatic heterocycles. The van der Waals surface area contributed by atoms with Gasteiger partial charge in [0.2, 0.25) is 5.91 Å². The predicted octanol–water partition coefficient (Wildman–Crippen LogP) is 2.67. The fourth-order valence-electron chi connectivity index (χ4n) is 3.86. The highest BCUT2D eigenvalue weighted by atomic mass is 16.3. The van der Waals surface area contributed by atoms with E-state index in [2.05, 4.69) is 5.32 Å². The van der Waals surface area contributed by atoms with E-state index in [4.69, 9.17) is 0 Å². The van der Waals surface area contributed by atoms with Crippen molar-refractivity contribution in [2.24, 2.45) is 5.92 Å². The minimum absolute atomic E-state index is 0.175. The summed E-state index contributed by atoms with van der Waals surface area (Å²) in [5.41, 5.74) is 0.791. The molecule has 3 rings (SSSR count). The summed E-state index contributed by atoms with van der Waals surface area (Å²) in [7, 11) is 0. The molecule has 1 amide bonds. The number of fused-ring (bicyclic) bond motifs is 2. The molecular weight excluding hydrogens is 264 g/mol. The fourth-order valence-corrected chi connectivity index (χ4v) is 3.86. The van der Waals surface area contributed by atoms with Crippen molar-refractivity contribution in [3.05, 3.63) is 24.3 Å². The molecule has 0 saturated carbocycles. The number of carbonyl (C=O) groups is 1. The van der Waals surface area contributed by atoms with Gasteiger partial charge in [0, 0.05) is 36.8 Å². The van der Waals surface area contributed by atoms with Crippen molar-refractivity contribution < 1.29 is 9.90 Å². The number of carbonyl (C=O) groups excluding carboxylic acids is 1. The monoisotopic (exact) mass is 288 g/mol. The Morgan fingerprint density at radius 1 is 1.33 bits per heavy atom. The van der Waals surface area contributed by atoms with Gasteiger partial charge < -0.3 is 15.3 Å². The number of hydrogen-bond donors (Lipinski definition) is 2. The van der Waals surface area contributed by atoms with Gasteiger partial charge in [-0.3, -0.25) is 4.79 Å². The molecule has 4 nitrogen and oxygen atoms in total. The molecule has 2 unspecified atom stereocenters. The van der Waals surface area contributed by atoms with Gasteiger partial charge in [0.25, 0.3) is 0 Å². The predicted molar refractivity (Wildman–Crippen MR) is 83.4 cm³/mol. The Hall–Kier alpha value is -1.55. The number of benzene rings is 1. The lowest BCUT2D eigenvalue weighted by Crippen LogP contribution is -2.40. The van der Waals surface area contributed by atoms with E-state index >= 15 is 0 Å². The minimum atomic E-state index is 0.175. The van der Waals surface area contributed by atoms with Gasteiger partial charge in [0.05, 0.1) is 0 Å². The van der Waals surface area contributed by atoms with E-state index in [1.807, 2.05) is 13.0 Å². The van der Waals surface area contributed by atoms with Gasteiger partial charge in [-0.2, -0.15) is 0 Å². The summed E-state index contributed by atoms with van der Waals surface area (Å²) in [6.07, 6.45) is 5.40. The van der Waals surface area contributed by atoms with Crippen LogP contribution in [0.3, 0.4) is 0 Å². The van der Waals surface area contributed by atoms with Crippen LogP contribution < -0.4 is 10.2 Å². The van der Waals surface area contributed by atoms with Crippen molar-refractivity contribution in [1.29, 1.82) is 0 Å². The molecule has 21 heavy (non-hydrogen) atoms. The molecule has 0 radical (unpaired) electrons. The fraction of sp³-hybridized carbons (Fsp3) is 0.588. The van der Waals surface area contributed by atoms with Gasteiger partial charge in [-0.15, -0.1) is 0 Å². The van der Waals surface area contributed by atoms with Crippen LogP contribution in [-0.4, -0.2) is 29.6 Å². The molecule has 1 aromatic rings. The zero-order valence-corrected chi connectivity index (χ0v) is 12.6. The Labute approximate surface area is 126 Å². The lowest BCUT2D eigenvalue weighted by Gasteiger charge is -2.30. The van der Waals surface area contributed by atoms with E-state index in [0.29, 0.717) is 31.0 Å². The molecule has 2 saturated heterocycles. The summed E-state index contributed by atoms with van der Waals surface area (Å²) in [6.45, 7) is 2.62. The number of piperidine rings is 1. The van der Waals surface area contributed by atoms with Crippen molar-refractivity contribution in [3.63, 3.8) is 0 Å². The van der Waals surface area contributed by atoms with Crippen molar-refractivity contribution >= 4 is 11.6 Å². The summed E-state index contributed by atoms with van der Waals surface area (Å²) < 4.78 is 0. The first-order valence-corrected chi connectivity index (χ1v) is 8.01. The van der Waals surface area contributed by atoms with E-state index in [0.717, 1.165) is 18.5 Å². The molecule has 2 N–H and O–H groups in total. The maximum atomic E-state index is 12.6. The van der Waals surface area contributed by atoms with E-state index in [1.54, 1.807) is 23.1 Å². The third kappa shape index (κ3) is 3.21. The molecule has 0 aromatic heterocycles. The molecule has 114 valence electrons. The Kier molecular flexibility index (Phi) is 4.15. The van der Waals surface area contributed by atoms with Crippen molar-refractivity contribution in [2.75, 3.05) is 11.4 Å². The second kappa shape index (κ2) is 6.06. The molecule has 2 aliphatic rings. The van der Waals surface area contributed by atoms with Gasteiger partial charge in [0.1, 0.15) is 5.75 Å². The summed E-state index contributed by atoms with van der Waals surface area (Å²) in [5, 5.41) is 13.2. The van der Waals surface area contributed by atoms with Crippen molar-refractivity contribution in [3.8, 4) is 5.75 Å². The number of aromatic hydroxyl groups is 1. The average Bonchev–Trinajstić information content (AvgIpc) is 2.79. The molecule has 2 atom stereocenters. The van der Waals surface area contributed by atoms with Gasteiger partial charge in [-0.05, 0) is 50.7 Å². The molecule has 2 fully saturated rings. The van der Waals surface area contributed by atoms with Gasteiger partial charge in [-0.1, -0.05) is 6.07 Å². The Bertz CT molecular complexity index is 505. The number of hydrogen-bond acceptors (Lipinski definition) is 3. The zero-order chi connectivity index (χ0) is 14.8. The van der Waals surface area contributed by atoms with Crippen LogP contribution in [0.25, 0.3) is 0 Å². The van der Waals surface area contributed by atoms with Crippen LogP contribution >= 0.6 is 0 Å². The SMILES string of the molecule is CCN(C(=O)CC1CC2CCC(C1)N2)c1cccc(O)c1. The quantitative estimate of drug-likeness (QED) is 0.895. The highest BCUT2D eigenvalue weighted by Crippen LogP contribution is 2.33. The van der Waals surface area contributed by atoms with E-state index in [-0.39, 0.29) is 11.7 Å². The molecule has 2 heterocycles. The number of phenolic OH excluding ortho intramolecular Hbond substituents is 1. The van der Waals surface area contributed by atoms with Crippen LogP contribution in [0.2, 0.25) is 0 Å². The number of amides is 1. The third-order valence-corrected chi connectivity index (χ3v) is 4.79. The summed E-state index contributed by atoms with van der Waals surface area (Å²) in [6, 6.07) is 8.20. The summed E-state index contributed by atoms with van der Waals surface area (Å²) in [4.78, 5) is 14.4. The highest BCUT2D eigenvalue weighted by Gasteiger charge is 2.34. The Morgan fingerprint density at radius 3 is 2.67 bits per heavy atom. The highest BCUT2D eigenvalue weighted by molar-refractivity contribution is 5.93. The lowest BCUT2D eigenvalue weighted by atomic mass is 9.89. The first-order chi connectivity index (χ1) is 10.2. The first kappa shape index (κ1) is 14.4. The topological polar surface area (TPSA) is 52.6 Å². The van der Waals surface area contributed by atoms with Gasteiger partial charge in [0.15, 0.2) is 0 Å². The first-order valence-electron chi connectivity index (χ1n) is 8.01. The van der Waals surface area contributed by atoms with Crippen LogP contribution in [0.15, 0.2) is 24.3 Å². The zero-order valence-electron chi connectivity index (χ0n) is 12.6. The maximum absolute atomic E-state index is 12.6. The second-order valence-corrected chi connectivity index (χ2v) is 6.34. The van der Waals surface area contributed by atoms with Gasteiger partial charge >= 0.3 is 0 Å². The minimum Gasteiger partial charge on any atom is -0.508 e. The Morgan fingerprint density at radius 2 is 2.05 bits per heavy atom. The molecular formula is C17H24N2O2. The molecule has 1 aromatic carbocycles.